The number of likely N-dealkylation sites (tertiary alicyclic amines) is 1. The number of carbonyl (C=O) groups excluding carboxylic acids is 1. The van der Waals surface area contributed by atoms with E-state index in [0.29, 0.717) is 35.1 Å². The Hall–Kier alpha value is -3.11. The summed E-state index contributed by atoms with van der Waals surface area (Å²) in [6, 6.07) is 12.0. The van der Waals surface area contributed by atoms with Crippen LogP contribution in [0, 0.1) is 5.82 Å². The number of fused-ring (bicyclic) bond motifs is 1. The molecule has 0 amide bonds. The Morgan fingerprint density at radius 3 is 2.78 bits per heavy atom. The van der Waals surface area contributed by atoms with Gasteiger partial charge in [0.2, 0.25) is 0 Å². The molecule has 5 rings (SSSR count). The Morgan fingerprint density at radius 1 is 1.19 bits per heavy atom. The van der Waals surface area contributed by atoms with Gasteiger partial charge in [0.1, 0.15) is 28.4 Å². The summed E-state index contributed by atoms with van der Waals surface area (Å²) < 4.78 is 47.3. The number of benzene rings is 2. The first-order valence-electron chi connectivity index (χ1n) is 10.0. The van der Waals surface area contributed by atoms with Gasteiger partial charge in [0.15, 0.2) is 5.84 Å². The fraction of sp³-hybridized carbons (Fsp3) is 0.227. The number of aromatic nitrogens is 1. The molecule has 1 atom stereocenters. The van der Waals surface area contributed by atoms with Gasteiger partial charge in [0.05, 0.1) is 5.69 Å². The van der Waals surface area contributed by atoms with Crippen LogP contribution in [0.4, 0.5) is 4.39 Å². The highest BCUT2D eigenvalue weighted by Gasteiger charge is 2.39. The van der Waals surface area contributed by atoms with Crippen LogP contribution in [0.15, 0.2) is 63.2 Å². The molecule has 3 heterocycles. The third-order valence-corrected chi connectivity index (χ3v) is 7.68. The van der Waals surface area contributed by atoms with E-state index in [0.717, 1.165) is 12.0 Å². The molecule has 7 nitrogen and oxygen atoms in total. The number of hydrogen-bond donors (Lipinski definition) is 0. The summed E-state index contributed by atoms with van der Waals surface area (Å²) >= 11 is 1.38. The number of sulfonamides is 1. The highest BCUT2D eigenvalue weighted by molar-refractivity contribution is 7.90. The van der Waals surface area contributed by atoms with Gasteiger partial charge in [0.25, 0.3) is 10.0 Å². The predicted octanol–water partition coefficient (Wildman–Crippen LogP) is 3.61. The van der Waals surface area contributed by atoms with Crippen LogP contribution < -0.4 is 0 Å². The molecule has 2 aliphatic rings. The minimum atomic E-state index is -3.76. The average Bonchev–Trinajstić information content (AvgIpc) is 3.51. The van der Waals surface area contributed by atoms with Crippen molar-refractivity contribution in [2.24, 2.45) is 4.40 Å². The first-order chi connectivity index (χ1) is 15.4. The maximum Gasteiger partial charge on any atom is 0.329 e. The van der Waals surface area contributed by atoms with Crippen molar-refractivity contribution in [1.29, 1.82) is 0 Å². The maximum atomic E-state index is 13.1. The second kappa shape index (κ2) is 8.10. The zero-order chi connectivity index (χ0) is 22.3. The lowest BCUT2D eigenvalue weighted by Crippen LogP contribution is -2.41. The number of nitrogens with zero attached hydrogens (tertiary/aromatic N) is 3. The SMILES string of the molecule is O=C(OCc1csc(-c2ccc(F)cc2)n1)[C@@H]1CCCN1C1=NS(=O)(=O)c2ccccc21. The van der Waals surface area contributed by atoms with Crippen LogP contribution in [-0.2, 0) is 26.2 Å². The van der Waals surface area contributed by atoms with Crippen LogP contribution in [0.2, 0.25) is 0 Å². The monoisotopic (exact) mass is 471 g/mol. The lowest BCUT2D eigenvalue weighted by Gasteiger charge is -2.24. The zero-order valence-electron chi connectivity index (χ0n) is 16.8. The van der Waals surface area contributed by atoms with E-state index in [1.165, 1.54) is 29.5 Å². The van der Waals surface area contributed by atoms with E-state index in [9.17, 15) is 17.6 Å². The molecular weight excluding hydrogens is 453 g/mol. The zero-order valence-corrected chi connectivity index (χ0v) is 18.4. The molecular formula is C22H18FN3O4S2. The molecule has 32 heavy (non-hydrogen) atoms. The molecule has 10 heteroatoms. The molecule has 2 aliphatic heterocycles. The van der Waals surface area contributed by atoms with Crippen LogP contribution in [-0.4, -0.2) is 42.7 Å². The van der Waals surface area contributed by atoms with E-state index >= 15 is 0 Å². The molecule has 1 saturated heterocycles. The molecule has 2 aromatic carbocycles. The summed E-state index contributed by atoms with van der Waals surface area (Å²) in [5, 5.41) is 2.50. The largest absolute Gasteiger partial charge is 0.458 e. The molecule has 0 saturated carbocycles. The topological polar surface area (TPSA) is 88.9 Å². The fourth-order valence-corrected chi connectivity index (χ4v) is 5.93. The van der Waals surface area contributed by atoms with Crippen molar-refractivity contribution in [3.8, 4) is 10.6 Å². The maximum absolute atomic E-state index is 13.1. The van der Waals surface area contributed by atoms with Crippen LogP contribution in [0.3, 0.4) is 0 Å². The first-order valence-corrected chi connectivity index (χ1v) is 12.3. The number of hydrogen-bond acceptors (Lipinski definition) is 7. The minimum Gasteiger partial charge on any atom is -0.458 e. The second-order valence-electron chi connectivity index (χ2n) is 7.50. The quantitative estimate of drug-likeness (QED) is 0.540. The van der Waals surface area contributed by atoms with E-state index in [2.05, 4.69) is 9.38 Å². The van der Waals surface area contributed by atoms with E-state index in [-0.39, 0.29) is 17.3 Å². The second-order valence-corrected chi connectivity index (χ2v) is 9.93. The molecule has 0 unspecified atom stereocenters. The van der Waals surface area contributed by atoms with Gasteiger partial charge >= 0.3 is 5.97 Å². The average molecular weight is 472 g/mol. The fourth-order valence-electron chi connectivity index (χ4n) is 3.90. The molecule has 0 aliphatic carbocycles. The Morgan fingerprint density at radius 2 is 1.97 bits per heavy atom. The molecule has 0 radical (unpaired) electrons. The molecule has 1 fully saturated rings. The van der Waals surface area contributed by atoms with Crippen LogP contribution in [0.5, 0.6) is 0 Å². The molecule has 3 aromatic rings. The molecule has 0 N–H and O–H groups in total. The molecule has 164 valence electrons. The van der Waals surface area contributed by atoms with Gasteiger partial charge in [-0.05, 0) is 49.2 Å². The van der Waals surface area contributed by atoms with Gasteiger partial charge < -0.3 is 9.64 Å². The van der Waals surface area contributed by atoms with E-state index in [1.807, 2.05) is 0 Å². The van der Waals surface area contributed by atoms with Crippen LogP contribution in [0.1, 0.15) is 24.1 Å². The molecule has 1 aromatic heterocycles. The van der Waals surface area contributed by atoms with Gasteiger partial charge in [-0.1, -0.05) is 12.1 Å². The van der Waals surface area contributed by atoms with Crippen molar-refractivity contribution in [2.75, 3.05) is 6.54 Å². The summed E-state index contributed by atoms with van der Waals surface area (Å²) in [5.41, 5.74) is 1.89. The number of carbonyl (C=O) groups is 1. The normalized spacial score (nSPS) is 19.0. The Balaban J connectivity index is 1.29. The van der Waals surface area contributed by atoms with Crippen molar-refractivity contribution in [3.63, 3.8) is 0 Å². The third kappa shape index (κ3) is 3.80. The van der Waals surface area contributed by atoms with Gasteiger partial charge in [-0.3, -0.25) is 0 Å². The minimum absolute atomic E-state index is 0.00221. The number of thiazole rings is 1. The van der Waals surface area contributed by atoms with E-state index in [1.54, 1.807) is 40.6 Å². The summed E-state index contributed by atoms with van der Waals surface area (Å²) in [5.74, 6) is -0.460. The number of halogens is 1. The van der Waals surface area contributed by atoms with Gasteiger partial charge in [-0.2, -0.15) is 8.42 Å². The lowest BCUT2D eigenvalue weighted by molar-refractivity contribution is -0.149. The van der Waals surface area contributed by atoms with E-state index in [4.69, 9.17) is 4.74 Å². The number of ether oxygens (including phenoxy) is 1. The lowest BCUT2D eigenvalue weighted by atomic mass is 10.1. The van der Waals surface area contributed by atoms with Gasteiger partial charge in [0, 0.05) is 23.1 Å². The highest BCUT2D eigenvalue weighted by atomic mass is 32.2. The van der Waals surface area contributed by atoms with Gasteiger partial charge in [-0.25, -0.2) is 14.2 Å². The van der Waals surface area contributed by atoms with Crippen molar-refractivity contribution in [3.05, 3.63) is 71.0 Å². The Labute approximate surface area is 188 Å². The smallest absolute Gasteiger partial charge is 0.329 e. The molecule has 0 bridgehead atoms. The van der Waals surface area contributed by atoms with Crippen molar-refractivity contribution >= 4 is 33.2 Å². The first kappa shape index (κ1) is 20.8. The number of esters is 1. The summed E-state index contributed by atoms with van der Waals surface area (Å²) in [4.78, 5) is 19.2. The van der Waals surface area contributed by atoms with E-state index < -0.39 is 22.0 Å². The summed E-state index contributed by atoms with van der Waals surface area (Å²) in [7, 11) is -3.76. The third-order valence-electron chi connectivity index (χ3n) is 5.41. The highest BCUT2D eigenvalue weighted by Crippen LogP contribution is 2.31. The van der Waals surface area contributed by atoms with Crippen molar-refractivity contribution < 1.29 is 22.3 Å². The molecule has 0 spiro atoms. The van der Waals surface area contributed by atoms with Crippen LogP contribution in [0.25, 0.3) is 10.6 Å². The van der Waals surface area contributed by atoms with Crippen molar-refractivity contribution in [1.82, 2.24) is 9.88 Å². The van der Waals surface area contributed by atoms with Crippen LogP contribution >= 0.6 is 11.3 Å². The van der Waals surface area contributed by atoms with Gasteiger partial charge in [-0.15, -0.1) is 15.7 Å². The summed E-state index contributed by atoms with van der Waals surface area (Å²) in [6.45, 7) is 0.524. The number of rotatable bonds is 4. The number of amidine groups is 1. The Bertz CT molecular complexity index is 1320. The summed E-state index contributed by atoms with van der Waals surface area (Å²) in [6.07, 6.45) is 1.28. The predicted molar refractivity (Wildman–Crippen MR) is 117 cm³/mol. The Kier molecular flexibility index (Phi) is 5.26. The standard InChI is InChI=1S/C22H18FN3O4S2/c23-15-9-7-14(8-10-15)21-24-16(13-31-21)12-30-22(27)18-5-3-11-26(18)20-17-4-1-2-6-19(17)32(28,29)25-20/h1-2,4,6-10,13,18H,3,5,11-12H2/t18-/m0/s1. The van der Waals surface area contributed by atoms with Crippen molar-refractivity contribution in [2.45, 2.75) is 30.4 Å².